The van der Waals surface area contributed by atoms with Crippen molar-refractivity contribution >= 4 is 22.4 Å². The van der Waals surface area contributed by atoms with Gasteiger partial charge in [-0.05, 0) is 58.2 Å². The fraction of sp³-hybridized carbons (Fsp3) is 0.529. The summed E-state index contributed by atoms with van der Waals surface area (Å²) >= 11 is 0. The summed E-state index contributed by atoms with van der Waals surface area (Å²) in [4.78, 5) is 4.38. The van der Waals surface area contributed by atoms with Crippen LogP contribution < -0.4 is 15.2 Å². The van der Waals surface area contributed by atoms with Crippen molar-refractivity contribution < 1.29 is 17.7 Å². The van der Waals surface area contributed by atoms with E-state index < -0.39 is 21.1 Å². The fourth-order valence-corrected chi connectivity index (χ4v) is 4.42. The lowest BCUT2D eigenvalue weighted by molar-refractivity contribution is 0.229. The lowest BCUT2D eigenvalue weighted by atomic mass is 9.77. The molecular formula is C17H25ClN4O4S. The van der Waals surface area contributed by atoms with Gasteiger partial charge in [0.25, 0.3) is 5.89 Å². The molecular weight excluding hydrogens is 392 g/mol. The number of aromatic nitrogens is 2. The molecule has 0 bridgehead atoms. The Labute approximate surface area is 165 Å². The van der Waals surface area contributed by atoms with Crippen molar-refractivity contribution in [3.63, 3.8) is 0 Å². The first-order chi connectivity index (χ1) is 12.0. The van der Waals surface area contributed by atoms with Crippen LogP contribution in [-0.2, 0) is 15.6 Å². The molecule has 1 heterocycles. The number of rotatable bonds is 5. The van der Waals surface area contributed by atoms with Gasteiger partial charge in [-0.1, -0.05) is 5.16 Å². The molecule has 3 N–H and O–H groups in total. The number of hydrogen-bond donors (Lipinski definition) is 2. The molecule has 1 aliphatic rings. The summed E-state index contributed by atoms with van der Waals surface area (Å²) in [5.74, 6) is 0.915. The SMILES string of the molecule is COc1ccc(-c2nc(C3(N)CCC3)no2)cc1S(=O)(=O)NC(C)(C)C.Cl. The molecule has 0 atom stereocenters. The highest BCUT2D eigenvalue weighted by Crippen LogP contribution is 2.38. The Kier molecular flexibility index (Phi) is 5.91. The van der Waals surface area contributed by atoms with Crippen LogP contribution in [0.3, 0.4) is 0 Å². The van der Waals surface area contributed by atoms with E-state index in [4.69, 9.17) is 15.0 Å². The Morgan fingerprint density at radius 2 is 1.96 bits per heavy atom. The second-order valence-corrected chi connectivity index (χ2v) is 9.30. The molecule has 1 aromatic heterocycles. The van der Waals surface area contributed by atoms with Gasteiger partial charge in [-0.2, -0.15) is 4.98 Å². The highest BCUT2D eigenvalue weighted by Gasteiger charge is 2.39. The average molecular weight is 417 g/mol. The molecule has 0 spiro atoms. The monoisotopic (exact) mass is 416 g/mol. The van der Waals surface area contributed by atoms with Crippen LogP contribution in [0.4, 0.5) is 0 Å². The minimum Gasteiger partial charge on any atom is -0.495 e. The zero-order valence-electron chi connectivity index (χ0n) is 15.8. The molecule has 1 fully saturated rings. The Hall–Kier alpha value is -1.68. The minimum atomic E-state index is -3.80. The quantitative estimate of drug-likeness (QED) is 0.768. The lowest BCUT2D eigenvalue weighted by Gasteiger charge is -2.34. The molecule has 150 valence electrons. The Bertz CT molecular complexity index is 917. The van der Waals surface area contributed by atoms with Gasteiger partial charge in [0.2, 0.25) is 10.0 Å². The number of halogens is 1. The summed E-state index contributed by atoms with van der Waals surface area (Å²) in [7, 11) is -2.37. The van der Waals surface area contributed by atoms with Crippen LogP contribution in [0.2, 0.25) is 0 Å². The van der Waals surface area contributed by atoms with Crippen molar-refractivity contribution in [2.75, 3.05) is 7.11 Å². The number of sulfonamides is 1. The van der Waals surface area contributed by atoms with E-state index in [1.165, 1.54) is 13.2 Å². The first-order valence-corrected chi connectivity index (χ1v) is 9.88. The van der Waals surface area contributed by atoms with E-state index in [2.05, 4.69) is 14.9 Å². The van der Waals surface area contributed by atoms with E-state index in [0.29, 0.717) is 11.4 Å². The van der Waals surface area contributed by atoms with Crippen molar-refractivity contribution in [2.45, 2.75) is 56.0 Å². The molecule has 0 unspecified atom stereocenters. The van der Waals surface area contributed by atoms with Crippen molar-refractivity contribution in [3.8, 4) is 17.2 Å². The molecule has 2 aromatic rings. The van der Waals surface area contributed by atoms with Gasteiger partial charge < -0.3 is 15.0 Å². The normalized spacial score (nSPS) is 16.3. The Morgan fingerprint density at radius 1 is 1.30 bits per heavy atom. The van der Waals surface area contributed by atoms with Gasteiger partial charge in [0.15, 0.2) is 5.82 Å². The Balaban J connectivity index is 0.00000261. The molecule has 1 saturated carbocycles. The third-order valence-electron chi connectivity index (χ3n) is 4.26. The maximum Gasteiger partial charge on any atom is 0.258 e. The van der Waals surface area contributed by atoms with Gasteiger partial charge in [0, 0.05) is 11.1 Å². The summed E-state index contributed by atoms with van der Waals surface area (Å²) < 4.78 is 38.7. The third-order valence-corrected chi connectivity index (χ3v) is 6.04. The van der Waals surface area contributed by atoms with Crippen molar-refractivity contribution in [2.24, 2.45) is 5.73 Å². The van der Waals surface area contributed by atoms with Gasteiger partial charge in [0.1, 0.15) is 10.6 Å². The molecule has 1 aliphatic carbocycles. The topological polar surface area (TPSA) is 120 Å². The van der Waals surface area contributed by atoms with Gasteiger partial charge in [-0.15, -0.1) is 12.4 Å². The number of nitrogens with one attached hydrogen (secondary N) is 1. The molecule has 0 radical (unpaired) electrons. The fourth-order valence-electron chi connectivity index (χ4n) is 2.80. The minimum absolute atomic E-state index is 0. The van der Waals surface area contributed by atoms with Crippen LogP contribution in [-0.4, -0.2) is 31.2 Å². The molecule has 1 aromatic carbocycles. The summed E-state index contributed by atoms with van der Waals surface area (Å²) in [6.45, 7) is 5.30. The van der Waals surface area contributed by atoms with E-state index in [1.54, 1.807) is 32.9 Å². The van der Waals surface area contributed by atoms with Gasteiger partial charge in [0.05, 0.1) is 12.6 Å². The predicted octanol–water partition coefficient (Wildman–Crippen LogP) is 2.58. The van der Waals surface area contributed by atoms with Crippen LogP contribution in [0.15, 0.2) is 27.6 Å². The number of hydrogen-bond acceptors (Lipinski definition) is 7. The molecule has 0 aliphatic heterocycles. The molecule has 0 saturated heterocycles. The first-order valence-electron chi connectivity index (χ1n) is 8.40. The van der Waals surface area contributed by atoms with Crippen molar-refractivity contribution in [1.29, 1.82) is 0 Å². The second-order valence-electron chi connectivity index (χ2n) is 7.65. The summed E-state index contributed by atoms with van der Waals surface area (Å²) in [6.07, 6.45) is 2.65. The number of nitrogens with two attached hydrogens (primary N) is 1. The van der Waals surface area contributed by atoms with Crippen LogP contribution in [0.25, 0.3) is 11.5 Å². The van der Waals surface area contributed by atoms with Crippen LogP contribution >= 0.6 is 12.4 Å². The van der Waals surface area contributed by atoms with E-state index in [0.717, 1.165) is 19.3 Å². The molecule has 27 heavy (non-hydrogen) atoms. The van der Waals surface area contributed by atoms with Gasteiger partial charge in [-0.25, -0.2) is 13.1 Å². The second kappa shape index (κ2) is 7.38. The van der Waals surface area contributed by atoms with E-state index >= 15 is 0 Å². The molecule has 10 heteroatoms. The highest BCUT2D eigenvalue weighted by atomic mass is 35.5. The maximum atomic E-state index is 12.8. The standard InChI is InChI=1S/C17H24N4O4S.ClH/c1-16(2,3)21-26(22,23)13-10-11(6-7-12(13)24-4)14-19-15(20-25-14)17(18)8-5-9-17;/h6-7,10,21H,5,8-9,18H2,1-4H3;1H. The molecule has 3 rings (SSSR count). The van der Waals surface area contributed by atoms with Gasteiger partial charge in [-0.3, -0.25) is 0 Å². The maximum absolute atomic E-state index is 12.8. The third kappa shape index (κ3) is 4.43. The molecule has 0 amide bonds. The smallest absolute Gasteiger partial charge is 0.258 e. The predicted molar refractivity (Wildman–Crippen MR) is 103 cm³/mol. The summed E-state index contributed by atoms with van der Waals surface area (Å²) in [6, 6.07) is 4.71. The first kappa shape index (κ1) is 21.6. The van der Waals surface area contributed by atoms with E-state index in [1.807, 2.05) is 0 Å². The van der Waals surface area contributed by atoms with Gasteiger partial charge >= 0.3 is 0 Å². The van der Waals surface area contributed by atoms with E-state index in [-0.39, 0.29) is 28.9 Å². The average Bonchev–Trinajstić information content (AvgIpc) is 3.00. The number of benzene rings is 1. The summed E-state index contributed by atoms with van der Waals surface area (Å²) in [5, 5.41) is 3.97. The summed E-state index contributed by atoms with van der Waals surface area (Å²) in [5.41, 5.74) is 5.53. The number of methoxy groups -OCH3 is 1. The largest absolute Gasteiger partial charge is 0.495 e. The zero-order chi connectivity index (χ0) is 19.2. The van der Waals surface area contributed by atoms with Crippen LogP contribution in [0, 0.1) is 0 Å². The number of ether oxygens (including phenoxy) is 1. The molecule has 8 nitrogen and oxygen atoms in total. The van der Waals surface area contributed by atoms with Crippen molar-refractivity contribution in [1.82, 2.24) is 14.9 Å². The lowest BCUT2D eigenvalue weighted by Crippen LogP contribution is -2.44. The highest BCUT2D eigenvalue weighted by molar-refractivity contribution is 7.89. The Morgan fingerprint density at radius 3 is 2.48 bits per heavy atom. The zero-order valence-corrected chi connectivity index (χ0v) is 17.4. The van der Waals surface area contributed by atoms with Crippen molar-refractivity contribution in [3.05, 3.63) is 24.0 Å². The van der Waals surface area contributed by atoms with Crippen LogP contribution in [0.5, 0.6) is 5.75 Å². The number of nitrogens with zero attached hydrogens (tertiary/aromatic N) is 2. The van der Waals surface area contributed by atoms with E-state index in [9.17, 15) is 8.42 Å². The van der Waals surface area contributed by atoms with Crippen LogP contribution in [0.1, 0.15) is 45.9 Å².